The van der Waals surface area contributed by atoms with Crippen LogP contribution in [0.3, 0.4) is 0 Å². The van der Waals surface area contributed by atoms with Gasteiger partial charge in [-0.2, -0.15) is 0 Å². The Morgan fingerprint density at radius 2 is 1.91 bits per heavy atom. The van der Waals surface area contributed by atoms with E-state index in [0.717, 1.165) is 11.8 Å². The van der Waals surface area contributed by atoms with E-state index in [1.165, 1.54) is 30.1 Å². The highest BCUT2D eigenvalue weighted by atomic mass is 14.7. The molecule has 0 saturated heterocycles. The van der Waals surface area contributed by atoms with Crippen LogP contribution >= 0.6 is 0 Å². The molecule has 3 fully saturated rings. The van der Waals surface area contributed by atoms with Crippen molar-refractivity contribution in [1.82, 2.24) is 0 Å². The number of hydrogen-bond acceptors (Lipinski definition) is 0. The van der Waals surface area contributed by atoms with E-state index in [9.17, 15) is 0 Å². The van der Waals surface area contributed by atoms with E-state index < -0.39 is 0 Å². The minimum absolute atomic E-state index is 1.08. The largest absolute Gasteiger partial charge is 0.0651 e. The molecule has 0 heteroatoms. The second-order valence-corrected chi connectivity index (χ2v) is 5.07. The first-order valence-electron chi connectivity index (χ1n) is 5.33. The van der Waals surface area contributed by atoms with Gasteiger partial charge >= 0.3 is 0 Å². The Morgan fingerprint density at radius 3 is 2.45 bits per heavy atom. The predicted octanol–water partition coefficient (Wildman–Crippen LogP) is 2.93. The van der Waals surface area contributed by atoms with Gasteiger partial charge in [0, 0.05) is 0 Å². The van der Waals surface area contributed by atoms with Gasteiger partial charge in [-0.25, -0.2) is 0 Å². The normalized spacial score (nSPS) is 64.9. The summed E-state index contributed by atoms with van der Waals surface area (Å²) in [6.45, 7) is 4.90. The summed E-state index contributed by atoms with van der Waals surface area (Å²) in [6.07, 6.45) is 4.65. The van der Waals surface area contributed by atoms with Crippen LogP contribution in [0.1, 0.15) is 33.1 Å². The molecule has 3 rings (SSSR count). The molecule has 0 aromatic carbocycles. The Labute approximate surface area is 69.4 Å². The van der Waals surface area contributed by atoms with Crippen molar-refractivity contribution in [3.8, 4) is 0 Å². The van der Waals surface area contributed by atoms with Crippen LogP contribution in [0.5, 0.6) is 0 Å². The summed E-state index contributed by atoms with van der Waals surface area (Å²) in [5.74, 6) is 6.96. The maximum atomic E-state index is 2.51. The maximum Gasteiger partial charge on any atom is -0.0323 e. The molecule has 3 saturated carbocycles. The first kappa shape index (κ1) is 6.51. The van der Waals surface area contributed by atoms with Crippen LogP contribution in [0.15, 0.2) is 0 Å². The van der Waals surface area contributed by atoms with E-state index in [2.05, 4.69) is 13.8 Å². The SMILES string of the molecule is CCC1C(C)C2CC3CC1C32. The lowest BCUT2D eigenvalue weighted by Crippen LogP contribution is -2.47. The van der Waals surface area contributed by atoms with Crippen molar-refractivity contribution in [3.63, 3.8) is 0 Å². The molecule has 0 aliphatic heterocycles. The molecule has 11 heavy (non-hydrogen) atoms. The smallest absolute Gasteiger partial charge is 0.0323 e. The van der Waals surface area contributed by atoms with Crippen molar-refractivity contribution in [3.05, 3.63) is 0 Å². The Kier molecular flexibility index (Phi) is 1.09. The second-order valence-electron chi connectivity index (χ2n) is 5.07. The van der Waals surface area contributed by atoms with Crippen LogP contribution in [-0.4, -0.2) is 0 Å². The molecule has 62 valence electrons. The number of rotatable bonds is 1. The van der Waals surface area contributed by atoms with Crippen molar-refractivity contribution < 1.29 is 0 Å². The topological polar surface area (TPSA) is 0 Å². The van der Waals surface area contributed by atoms with E-state index in [1.807, 2.05) is 0 Å². The van der Waals surface area contributed by atoms with Gasteiger partial charge in [0.1, 0.15) is 0 Å². The fourth-order valence-electron chi connectivity index (χ4n) is 4.46. The van der Waals surface area contributed by atoms with E-state index in [4.69, 9.17) is 0 Å². The predicted molar refractivity (Wildman–Crippen MR) is 46.1 cm³/mol. The molecule has 0 aromatic heterocycles. The molecule has 0 radical (unpaired) electrons. The molecule has 0 aromatic rings. The molecule has 0 N–H and O–H groups in total. The molecule has 3 aliphatic rings. The molecular weight excluding hydrogens is 132 g/mol. The molecular formula is C11H18. The van der Waals surface area contributed by atoms with Gasteiger partial charge in [-0.05, 0) is 48.3 Å². The van der Waals surface area contributed by atoms with Crippen LogP contribution in [0.25, 0.3) is 0 Å². The first-order chi connectivity index (χ1) is 5.33. The van der Waals surface area contributed by atoms with Crippen molar-refractivity contribution in [2.75, 3.05) is 0 Å². The summed E-state index contributed by atoms with van der Waals surface area (Å²) >= 11 is 0. The molecule has 6 unspecified atom stereocenters. The highest BCUT2D eigenvalue weighted by molar-refractivity contribution is 5.11. The highest BCUT2D eigenvalue weighted by Crippen LogP contribution is 2.70. The summed E-state index contributed by atoms with van der Waals surface area (Å²) < 4.78 is 0. The summed E-state index contributed by atoms with van der Waals surface area (Å²) in [4.78, 5) is 0. The van der Waals surface area contributed by atoms with Gasteiger partial charge in [0.25, 0.3) is 0 Å². The third-order valence-corrected chi connectivity index (χ3v) is 5.05. The van der Waals surface area contributed by atoms with Crippen molar-refractivity contribution >= 4 is 0 Å². The van der Waals surface area contributed by atoms with Crippen LogP contribution < -0.4 is 0 Å². The van der Waals surface area contributed by atoms with Crippen molar-refractivity contribution in [2.45, 2.75) is 33.1 Å². The fourth-order valence-corrected chi connectivity index (χ4v) is 4.46. The van der Waals surface area contributed by atoms with Gasteiger partial charge in [0.2, 0.25) is 0 Å². The molecule has 0 spiro atoms. The first-order valence-corrected chi connectivity index (χ1v) is 5.33. The monoisotopic (exact) mass is 150 g/mol. The average molecular weight is 150 g/mol. The molecule has 0 nitrogen and oxygen atoms in total. The molecule has 0 amide bonds. The number of hydrogen-bond donors (Lipinski definition) is 0. The average Bonchev–Trinajstić information content (AvgIpc) is 2.08. The lowest BCUT2D eigenvalue weighted by atomic mass is 9.51. The Bertz CT molecular complexity index is 178. The third kappa shape index (κ3) is 0.554. The van der Waals surface area contributed by atoms with Crippen LogP contribution in [-0.2, 0) is 0 Å². The van der Waals surface area contributed by atoms with Crippen LogP contribution in [0, 0.1) is 35.5 Å². The van der Waals surface area contributed by atoms with Gasteiger partial charge in [-0.15, -0.1) is 0 Å². The summed E-state index contributed by atoms with van der Waals surface area (Å²) in [6, 6.07) is 0. The Hall–Kier alpha value is 0. The van der Waals surface area contributed by atoms with E-state index >= 15 is 0 Å². The zero-order valence-electron chi connectivity index (χ0n) is 7.59. The second kappa shape index (κ2) is 1.84. The standard InChI is InChI=1S/C11H18/c1-3-8-6(2)9-4-7-5-10(8)11(7)9/h6-11H,3-5H2,1-2H3. The zero-order chi connectivity index (χ0) is 7.59. The lowest BCUT2D eigenvalue weighted by molar-refractivity contribution is -0.0528. The lowest BCUT2D eigenvalue weighted by Gasteiger charge is -2.54. The van der Waals surface area contributed by atoms with Crippen LogP contribution in [0.2, 0.25) is 0 Å². The Balaban J connectivity index is 1.87. The summed E-state index contributed by atoms with van der Waals surface area (Å²) in [7, 11) is 0. The van der Waals surface area contributed by atoms with Gasteiger partial charge in [0.05, 0.1) is 0 Å². The molecule has 3 aliphatic carbocycles. The van der Waals surface area contributed by atoms with Gasteiger partial charge in [-0.3, -0.25) is 0 Å². The third-order valence-electron chi connectivity index (χ3n) is 5.05. The minimum atomic E-state index is 1.08. The van der Waals surface area contributed by atoms with Crippen molar-refractivity contribution in [2.24, 2.45) is 35.5 Å². The van der Waals surface area contributed by atoms with E-state index in [0.29, 0.717) is 0 Å². The van der Waals surface area contributed by atoms with E-state index in [1.54, 1.807) is 12.8 Å². The Morgan fingerprint density at radius 1 is 1.18 bits per heavy atom. The highest BCUT2D eigenvalue weighted by Gasteiger charge is 2.63. The van der Waals surface area contributed by atoms with Gasteiger partial charge in [-0.1, -0.05) is 20.3 Å². The molecule has 6 atom stereocenters. The zero-order valence-corrected chi connectivity index (χ0v) is 7.59. The van der Waals surface area contributed by atoms with Crippen LogP contribution in [0.4, 0.5) is 0 Å². The summed E-state index contributed by atoms with van der Waals surface area (Å²) in [5, 5.41) is 0. The summed E-state index contributed by atoms with van der Waals surface area (Å²) in [5.41, 5.74) is 0. The molecule has 0 bridgehead atoms. The van der Waals surface area contributed by atoms with Gasteiger partial charge in [0.15, 0.2) is 0 Å². The minimum Gasteiger partial charge on any atom is -0.0651 e. The van der Waals surface area contributed by atoms with E-state index in [-0.39, 0.29) is 0 Å². The van der Waals surface area contributed by atoms with Gasteiger partial charge < -0.3 is 0 Å². The molecule has 0 heterocycles. The fraction of sp³-hybridized carbons (Fsp3) is 1.00. The van der Waals surface area contributed by atoms with Crippen molar-refractivity contribution in [1.29, 1.82) is 0 Å². The quantitative estimate of drug-likeness (QED) is 0.539. The maximum absolute atomic E-state index is 2.51.